The molecule has 21 heavy (non-hydrogen) atoms. The van der Waals surface area contributed by atoms with Crippen LogP contribution in [0.1, 0.15) is 19.4 Å². The van der Waals surface area contributed by atoms with Crippen LogP contribution in [0.5, 0.6) is 5.75 Å². The molecule has 7 heteroatoms. The van der Waals surface area contributed by atoms with Crippen LogP contribution in [-0.2, 0) is 6.54 Å². The van der Waals surface area contributed by atoms with Gasteiger partial charge in [0.15, 0.2) is 0 Å². The van der Waals surface area contributed by atoms with Crippen molar-refractivity contribution in [3.8, 4) is 5.75 Å². The maximum atomic E-state index is 11.7. The zero-order chi connectivity index (χ0) is 15.1. The monoisotopic (exact) mass is 306 g/mol. The summed E-state index contributed by atoms with van der Waals surface area (Å²) in [6.45, 7) is 5.30. The van der Waals surface area contributed by atoms with Crippen LogP contribution in [0.25, 0.3) is 0 Å². The minimum atomic E-state index is -0.305. The fourth-order valence-electron chi connectivity index (χ4n) is 1.56. The number of hydrogen-bond donors (Lipinski definition) is 2. The van der Waals surface area contributed by atoms with E-state index in [4.69, 9.17) is 4.74 Å². The fourth-order valence-corrected chi connectivity index (χ4v) is 2.00. The summed E-state index contributed by atoms with van der Waals surface area (Å²) in [5, 5.41) is 13.2. The van der Waals surface area contributed by atoms with Crippen molar-refractivity contribution >= 4 is 22.5 Å². The van der Waals surface area contributed by atoms with E-state index in [1.165, 1.54) is 11.3 Å². The lowest BCUT2D eigenvalue weighted by atomic mass is 10.2. The largest absolute Gasteiger partial charge is 0.493 e. The van der Waals surface area contributed by atoms with E-state index < -0.39 is 0 Å². The first-order valence-corrected chi connectivity index (χ1v) is 7.54. The summed E-state index contributed by atoms with van der Waals surface area (Å²) >= 11 is 1.27. The Bertz CT molecular complexity index is 572. The Morgan fingerprint density at radius 3 is 3.00 bits per heavy atom. The van der Waals surface area contributed by atoms with E-state index in [0.717, 1.165) is 11.3 Å². The van der Waals surface area contributed by atoms with Gasteiger partial charge in [-0.25, -0.2) is 4.79 Å². The van der Waals surface area contributed by atoms with Gasteiger partial charge in [-0.15, -0.1) is 10.2 Å². The number of urea groups is 1. The molecular formula is C14H18N4O2S. The summed E-state index contributed by atoms with van der Waals surface area (Å²) in [6.07, 6.45) is 0. The molecule has 0 saturated heterocycles. The second kappa shape index (κ2) is 7.58. The van der Waals surface area contributed by atoms with Gasteiger partial charge >= 0.3 is 6.03 Å². The molecule has 0 aliphatic carbocycles. The Morgan fingerprint density at radius 2 is 2.29 bits per heavy atom. The minimum absolute atomic E-state index is 0.305. The molecule has 0 spiro atoms. The van der Waals surface area contributed by atoms with E-state index in [1.54, 1.807) is 5.51 Å². The van der Waals surface area contributed by atoms with E-state index in [0.29, 0.717) is 24.2 Å². The first-order valence-electron chi connectivity index (χ1n) is 6.66. The average molecular weight is 306 g/mol. The zero-order valence-corrected chi connectivity index (χ0v) is 12.8. The van der Waals surface area contributed by atoms with Gasteiger partial charge in [0, 0.05) is 6.54 Å². The van der Waals surface area contributed by atoms with Gasteiger partial charge in [0.1, 0.15) is 11.3 Å². The van der Waals surface area contributed by atoms with E-state index in [-0.39, 0.29) is 6.03 Å². The molecule has 0 saturated carbocycles. The first kappa shape index (κ1) is 15.2. The van der Waals surface area contributed by atoms with Crippen LogP contribution in [0.3, 0.4) is 0 Å². The second-order valence-corrected chi connectivity index (χ2v) is 5.74. The van der Waals surface area contributed by atoms with Gasteiger partial charge in [-0.05, 0) is 23.6 Å². The van der Waals surface area contributed by atoms with Crippen LogP contribution >= 0.6 is 11.3 Å². The van der Waals surface area contributed by atoms with Crippen molar-refractivity contribution < 1.29 is 9.53 Å². The molecule has 0 unspecified atom stereocenters. The van der Waals surface area contributed by atoms with Crippen molar-refractivity contribution in [1.29, 1.82) is 0 Å². The van der Waals surface area contributed by atoms with Crippen molar-refractivity contribution in [1.82, 2.24) is 15.5 Å². The highest BCUT2D eigenvalue weighted by atomic mass is 32.1. The molecule has 0 aliphatic rings. The Labute approximate surface area is 127 Å². The predicted molar refractivity (Wildman–Crippen MR) is 82.5 cm³/mol. The molecule has 0 fully saturated rings. The smallest absolute Gasteiger partial charge is 0.321 e. The van der Waals surface area contributed by atoms with Crippen LogP contribution in [-0.4, -0.2) is 22.8 Å². The third-order valence-electron chi connectivity index (χ3n) is 2.52. The second-order valence-electron chi connectivity index (χ2n) is 4.90. The fraction of sp³-hybridized carbons (Fsp3) is 0.357. The number of anilines is 1. The summed E-state index contributed by atoms with van der Waals surface area (Å²) in [7, 11) is 0. The summed E-state index contributed by atoms with van der Waals surface area (Å²) in [5.74, 6) is 1.29. The molecular weight excluding hydrogens is 288 g/mol. The average Bonchev–Trinajstić information content (AvgIpc) is 2.96. The van der Waals surface area contributed by atoms with Gasteiger partial charge < -0.3 is 10.1 Å². The van der Waals surface area contributed by atoms with Gasteiger partial charge in [-0.1, -0.05) is 37.3 Å². The van der Waals surface area contributed by atoms with E-state index >= 15 is 0 Å². The minimum Gasteiger partial charge on any atom is -0.493 e. The molecule has 2 amide bonds. The van der Waals surface area contributed by atoms with Crippen molar-refractivity contribution in [3.05, 3.63) is 35.3 Å². The van der Waals surface area contributed by atoms with Crippen LogP contribution < -0.4 is 15.4 Å². The number of nitrogens with zero attached hydrogens (tertiary/aromatic N) is 2. The first-order chi connectivity index (χ1) is 10.1. The lowest BCUT2D eigenvalue weighted by Gasteiger charge is -2.10. The lowest BCUT2D eigenvalue weighted by molar-refractivity contribution is 0.251. The summed E-state index contributed by atoms with van der Waals surface area (Å²) in [4.78, 5) is 11.7. The van der Waals surface area contributed by atoms with Crippen molar-refractivity contribution in [2.75, 3.05) is 11.9 Å². The Balaban J connectivity index is 1.82. The molecule has 0 atom stereocenters. The Hall–Kier alpha value is -2.15. The highest BCUT2D eigenvalue weighted by molar-refractivity contribution is 7.13. The molecule has 2 aromatic rings. The van der Waals surface area contributed by atoms with Gasteiger partial charge in [-0.2, -0.15) is 0 Å². The van der Waals surface area contributed by atoms with Crippen LogP contribution in [0, 0.1) is 5.92 Å². The Morgan fingerprint density at radius 1 is 1.43 bits per heavy atom. The summed E-state index contributed by atoms with van der Waals surface area (Å²) in [6, 6.07) is 7.38. The zero-order valence-electron chi connectivity index (χ0n) is 12.0. The van der Waals surface area contributed by atoms with E-state index in [2.05, 4.69) is 34.7 Å². The third kappa shape index (κ3) is 5.39. The number of benzene rings is 1. The van der Waals surface area contributed by atoms with Crippen molar-refractivity contribution in [2.24, 2.45) is 5.92 Å². The number of hydrogen-bond acceptors (Lipinski definition) is 5. The van der Waals surface area contributed by atoms with E-state index in [9.17, 15) is 4.79 Å². The number of nitrogens with one attached hydrogen (secondary N) is 2. The van der Waals surface area contributed by atoms with Gasteiger partial charge in [0.05, 0.1) is 6.61 Å². The molecule has 6 nitrogen and oxygen atoms in total. The normalized spacial score (nSPS) is 10.4. The number of carbonyl (C=O) groups excluding carboxylic acids is 1. The number of aromatic nitrogens is 2. The molecule has 1 heterocycles. The van der Waals surface area contributed by atoms with Gasteiger partial charge in [-0.3, -0.25) is 5.32 Å². The predicted octanol–water partition coefficient (Wildman–Crippen LogP) is 2.89. The molecule has 0 radical (unpaired) electrons. The van der Waals surface area contributed by atoms with Crippen LogP contribution in [0.2, 0.25) is 0 Å². The van der Waals surface area contributed by atoms with Crippen molar-refractivity contribution in [2.45, 2.75) is 20.4 Å². The van der Waals surface area contributed by atoms with Gasteiger partial charge in [0.25, 0.3) is 0 Å². The number of ether oxygens (including phenoxy) is 1. The molecule has 112 valence electrons. The van der Waals surface area contributed by atoms with Crippen LogP contribution in [0.15, 0.2) is 29.8 Å². The maximum absolute atomic E-state index is 11.7. The van der Waals surface area contributed by atoms with E-state index in [1.807, 2.05) is 24.3 Å². The molecule has 0 bridgehead atoms. The number of rotatable bonds is 6. The third-order valence-corrected chi connectivity index (χ3v) is 3.12. The summed E-state index contributed by atoms with van der Waals surface area (Å²) < 4.78 is 5.66. The SMILES string of the molecule is CC(C)COc1cccc(CNC(=O)Nc2nncs2)c1. The number of amides is 2. The molecule has 2 rings (SSSR count). The maximum Gasteiger partial charge on any atom is 0.321 e. The van der Waals surface area contributed by atoms with Crippen molar-refractivity contribution in [3.63, 3.8) is 0 Å². The van der Waals surface area contributed by atoms with Crippen LogP contribution in [0.4, 0.5) is 9.93 Å². The highest BCUT2D eigenvalue weighted by Gasteiger charge is 2.04. The summed E-state index contributed by atoms with van der Waals surface area (Å²) in [5.41, 5.74) is 2.54. The number of carbonyl (C=O) groups is 1. The quantitative estimate of drug-likeness (QED) is 0.860. The molecule has 1 aromatic heterocycles. The van der Waals surface area contributed by atoms with Gasteiger partial charge in [0.2, 0.25) is 5.13 Å². The molecule has 0 aliphatic heterocycles. The molecule has 2 N–H and O–H groups in total. The topological polar surface area (TPSA) is 76.1 Å². The highest BCUT2D eigenvalue weighted by Crippen LogP contribution is 2.14. The standard InChI is InChI=1S/C14H18N4O2S/c1-10(2)8-20-12-5-3-4-11(6-12)7-15-13(19)17-14-18-16-9-21-14/h3-6,9-10H,7-8H2,1-2H3,(H2,15,17,18,19). The molecule has 1 aromatic carbocycles. The lowest BCUT2D eigenvalue weighted by Crippen LogP contribution is -2.28. The Kier molecular flexibility index (Phi) is 5.51.